The fourth-order valence-electron chi connectivity index (χ4n) is 3.53. The summed E-state index contributed by atoms with van der Waals surface area (Å²) in [6.45, 7) is 4.53. The van der Waals surface area contributed by atoms with E-state index in [0.29, 0.717) is 18.6 Å². The number of rotatable bonds is 4. The molecule has 142 valence electrons. The fraction of sp³-hybridized carbons (Fsp3) is 0.273. The first-order chi connectivity index (χ1) is 13.5. The van der Waals surface area contributed by atoms with Crippen LogP contribution in [0, 0.1) is 5.92 Å². The van der Waals surface area contributed by atoms with Crippen LogP contribution in [-0.4, -0.2) is 19.1 Å². The van der Waals surface area contributed by atoms with Gasteiger partial charge in [0, 0.05) is 26.2 Å². The average molecular weight is 374 g/mol. The van der Waals surface area contributed by atoms with Gasteiger partial charge in [0.05, 0.1) is 5.69 Å². The summed E-state index contributed by atoms with van der Waals surface area (Å²) in [6, 6.07) is 14.4. The molecule has 28 heavy (non-hydrogen) atoms. The molecule has 6 nitrogen and oxygen atoms in total. The number of hydrogen-bond acceptors (Lipinski definition) is 4. The molecule has 0 saturated heterocycles. The summed E-state index contributed by atoms with van der Waals surface area (Å²) in [5, 5.41) is 2.33. The number of fused-ring (bicyclic) bond motifs is 2. The minimum Gasteiger partial charge on any atom is -0.276 e. The molecular formula is C22H22N4O2. The molecule has 0 amide bonds. The van der Waals surface area contributed by atoms with Crippen LogP contribution in [0.2, 0.25) is 0 Å². The lowest BCUT2D eigenvalue weighted by atomic mass is 10.0. The Bertz CT molecular complexity index is 1300. The molecular weight excluding hydrogens is 352 g/mol. The van der Waals surface area contributed by atoms with Gasteiger partial charge in [0.1, 0.15) is 0 Å². The minimum atomic E-state index is -0.413. The van der Waals surface area contributed by atoms with Gasteiger partial charge in [0.25, 0.3) is 5.56 Å². The standard InChI is InChI=1S/C22H22N4O2/c1-14(2)13-26-20-19(21(27)25(3)22(26)28)23-12-17(24-20)11-16-9-6-8-15-7-4-5-10-18(15)16/h4-10,12,14H,11,13H2,1-3H3. The summed E-state index contributed by atoms with van der Waals surface area (Å²) in [7, 11) is 1.48. The van der Waals surface area contributed by atoms with Crippen molar-refractivity contribution in [2.75, 3.05) is 0 Å². The van der Waals surface area contributed by atoms with Crippen molar-refractivity contribution in [1.82, 2.24) is 19.1 Å². The Hall–Kier alpha value is -3.28. The summed E-state index contributed by atoms with van der Waals surface area (Å²) in [5.74, 6) is 0.238. The van der Waals surface area contributed by atoms with E-state index >= 15 is 0 Å². The van der Waals surface area contributed by atoms with Gasteiger partial charge in [-0.3, -0.25) is 13.9 Å². The number of hydrogen-bond donors (Lipinski definition) is 0. The smallest absolute Gasteiger partial charge is 0.276 e. The van der Waals surface area contributed by atoms with Crippen LogP contribution < -0.4 is 11.2 Å². The van der Waals surface area contributed by atoms with E-state index in [-0.39, 0.29) is 17.1 Å². The van der Waals surface area contributed by atoms with Gasteiger partial charge >= 0.3 is 5.69 Å². The molecule has 2 heterocycles. The van der Waals surface area contributed by atoms with Gasteiger partial charge in [-0.2, -0.15) is 0 Å². The lowest BCUT2D eigenvalue weighted by Crippen LogP contribution is -2.39. The molecule has 4 rings (SSSR count). The summed E-state index contributed by atoms with van der Waals surface area (Å²) in [5.41, 5.74) is 1.68. The summed E-state index contributed by atoms with van der Waals surface area (Å²) in [4.78, 5) is 34.2. The maximum atomic E-state index is 12.6. The first kappa shape index (κ1) is 18.1. The van der Waals surface area contributed by atoms with Crippen LogP contribution in [0.4, 0.5) is 0 Å². The van der Waals surface area contributed by atoms with Crippen LogP contribution in [0.15, 0.2) is 58.3 Å². The second-order valence-corrected chi connectivity index (χ2v) is 7.50. The van der Waals surface area contributed by atoms with Crippen molar-refractivity contribution >= 4 is 21.9 Å². The summed E-state index contributed by atoms with van der Waals surface area (Å²) < 4.78 is 2.66. The van der Waals surface area contributed by atoms with E-state index in [2.05, 4.69) is 34.2 Å². The first-order valence-electron chi connectivity index (χ1n) is 9.38. The molecule has 0 aliphatic rings. The third-order valence-electron chi connectivity index (χ3n) is 4.88. The predicted molar refractivity (Wildman–Crippen MR) is 111 cm³/mol. The van der Waals surface area contributed by atoms with Crippen LogP contribution >= 0.6 is 0 Å². The summed E-state index contributed by atoms with van der Waals surface area (Å²) >= 11 is 0. The molecule has 2 aromatic carbocycles. The molecule has 6 heteroatoms. The van der Waals surface area contributed by atoms with Gasteiger partial charge in [-0.15, -0.1) is 0 Å². The highest BCUT2D eigenvalue weighted by Gasteiger charge is 2.15. The summed E-state index contributed by atoms with van der Waals surface area (Å²) in [6.07, 6.45) is 2.21. The number of aromatic nitrogens is 4. The van der Waals surface area contributed by atoms with E-state index in [1.165, 1.54) is 12.4 Å². The molecule has 0 unspecified atom stereocenters. The molecule has 0 radical (unpaired) electrons. The predicted octanol–water partition coefficient (Wildman–Crippen LogP) is 2.89. The van der Waals surface area contributed by atoms with Crippen molar-refractivity contribution in [2.24, 2.45) is 13.0 Å². The zero-order valence-corrected chi connectivity index (χ0v) is 16.2. The van der Waals surface area contributed by atoms with Crippen molar-refractivity contribution in [2.45, 2.75) is 26.8 Å². The van der Waals surface area contributed by atoms with Crippen molar-refractivity contribution in [3.05, 3.63) is 80.8 Å². The Labute approximate surface area is 162 Å². The molecule has 0 bridgehead atoms. The van der Waals surface area contributed by atoms with Crippen LogP contribution in [-0.2, 0) is 20.0 Å². The molecule has 4 aromatic rings. The van der Waals surface area contributed by atoms with E-state index in [9.17, 15) is 9.59 Å². The van der Waals surface area contributed by atoms with E-state index in [4.69, 9.17) is 0 Å². The van der Waals surface area contributed by atoms with Crippen LogP contribution in [0.1, 0.15) is 25.1 Å². The van der Waals surface area contributed by atoms with E-state index in [1.807, 2.05) is 32.0 Å². The zero-order valence-electron chi connectivity index (χ0n) is 16.2. The first-order valence-corrected chi connectivity index (χ1v) is 9.38. The van der Waals surface area contributed by atoms with Crippen LogP contribution in [0.5, 0.6) is 0 Å². The second-order valence-electron chi connectivity index (χ2n) is 7.50. The Morgan fingerprint density at radius 3 is 2.57 bits per heavy atom. The highest BCUT2D eigenvalue weighted by molar-refractivity contribution is 5.85. The molecule has 0 atom stereocenters. The van der Waals surface area contributed by atoms with E-state index < -0.39 is 5.56 Å². The van der Waals surface area contributed by atoms with Gasteiger partial charge in [-0.05, 0) is 22.3 Å². The number of nitrogens with zero attached hydrogens (tertiary/aromatic N) is 4. The Balaban J connectivity index is 1.88. The normalized spacial score (nSPS) is 11.6. The van der Waals surface area contributed by atoms with E-state index in [1.54, 1.807) is 10.8 Å². The van der Waals surface area contributed by atoms with E-state index in [0.717, 1.165) is 21.2 Å². The van der Waals surface area contributed by atoms with Gasteiger partial charge in [0.15, 0.2) is 11.2 Å². The fourth-order valence-corrected chi connectivity index (χ4v) is 3.53. The second kappa shape index (κ2) is 7.03. The molecule has 0 N–H and O–H groups in total. The van der Waals surface area contributed by atoms with Crippen molar-refractivity contribution in [3.8, 4) is 0 Å². The monoisotopic (exact) mass is 374 g/mol. The largest absolute Gasteiger partial charge is 0.332 e. The quantitative estimate of drug-likeness (QED) is 0.551. The van der Waals surface area contributed by atoms with Crippen LogP contribution in [0.3, 0.4) is 0 Å². The third kappa shape index (κ3) is 3.11. The van der Waals surface area contributed by atoms with Gasteiger partial charge < -0.3 is 0 Å². The Morgan fingerprint density at radius 1 is 1.04 bits per heavy atom. The zero-order chi connectivity index (χ0) is 19.8. The van der Waals surface area contributed by atoms with Crippen molar-refractivity contribution < 1.29 is 0 Å². The Kier molecular flexibility index (Phi) is 4.55. The molecule has 0 fully saturated rings. The molecule has 0 aliphatic carbocycles. The topological polar surface area (TPSA) is 69.8 Å². The lowest BCUT2D eigenvalue weighted by Gasteiger charge is -2.13. The maximum Gasteiger partial charge on any atom is 0.332 e. The van der Waals surface area contributed by atoms with Crippen LogP contribution in [0.25, 0.3) is 21.9 Å². The molecule has 2 aromatic heterocycles. The average Bonchev–Trinajstić information content (AvgIpc) is 2.69. The SMILES string of the molecule is CC(C)Cn1c(=O)n(C)c(=O)c2ncc(Cc3cccc4ccccc34)nc21. The molecule has 0 aliphatic heterocycles. The third-order valence-corrected chi connectivity index (χ3v) is 4.88. The van der Waals surface area contributed by atoms with Crippen molar-refractivity contribution in [1.29, 1.82) is 0 Å². The highest BCUT2D eigenvalue weighted by atomic mass is 16.2. The van der Waals surface area contributed by atoms with Gasteiger partial charge in [-0.25, -0.2) is 14.8 Å². The van der Waals surface area contributed by atoms with Crippen molar-refractivity contribution in [3.63, 3.8) is 0 Å². The lowest BCUT2D eigenvalue weighted by molar-refractivity contribution is 0.498. The number of benzene rings is 2. The van der Waals surface area contributed by atoms with Gasteiger partial charge in [-0.1, -0.05) is 56.3 Å². The maximum absolute atomic E-state index is 12.6. The Morgan fingerprint density at radius 2 is 1.79 bits per heavy atom. The van der Waals surface area contributed by atoms with Gasteiger partial charge in [0.2, 0.25) is 0 Å². The molecule has 0 saturated carbocycles. The minimum absolute atomic E-state index is 0.226. The highest BCUT2D eigenvalue weighted by Crippen LogP contribution is 2.21. The molecule has 0 spiro atoms.